The SMILES string of the molecule is COc1ccccc1CN/C=C(/C#N)C(=O)N1CCCCC1. The predicted octanol–water partition coefficient (Wildman–Crippen LogP) is 2.20. The number of carbonyl (C=O) groups excluding carboxylic acids is 1. The van der Waals surface area contributed by atoms with Crippen molar-refractivity contribution in [2.75, 3.05) is 20.2 Å². The summed E-state index contributed by atoms with van der Waals surface area (Å²) in [5.41, 5.74) is 1.13. The van der Waals surface area contributed by atoms with E-state index >= 15 is 0 Å². The number of benzene rings is 1. The van der Waals surface area contributed by atoms with Gasteiger partial charge < -0.3 is 15.0 Å². The fraction of sp³-hybridized carbons (Fsp3) is 0.412. The standard InChI is InChI=1S/C17H21N3O2/c1-22-16-8-4-3-7-14(16)12-19-13-15(11-18)17(21)20-9-5-2-6-10-20/h3-4,7-8,13,19H,2,5-6,9-10,12H2,1H3/b15-13-. The van der Waals surface area contributed by atoms with E-state index in [0.29, 0.717) is 6.54 Å². The molecule has 0 bridgehead atoms. The van der Waals surface area contributed by atoms with Gasteiger partial charge in [-0.3, -0.25) is 4.79 Å². The second-order valence-corrected chi connectivity index (χ2v) is 5.22. The Bertz CT molecular complexity index is 584. The molecule has 0 atom stereocenters. The first kappa shape index (κ1) is 15.9. The quantitative estimate of drug-likeness (QED) is 0.668. The van der Waals surface area contributed by atoms with Gasteiger partial charge in [0.2, 0.25) is 0 Å². The van der Waals surface area contributed by atoms with Crippen molar-refractivity contribution in [2.24, 2.45) is 0 Å². The molecule has 0 aromatic heterocycles. The Morgan fingerprint density at radius 1 is 1.36 bits per heavy atom. The van der Waals surface area contributed by atoms with E-state index in [2.05, 4.69) is 5.32 Å². The maximum Gasteiger partial charge on any atom is 0.265 e. The summed E-state index contributed by atoms with van der Waals surface area (Å²) in [6, 6.07) is 9.64. The monoisotopic (exact) mass is 299 g/mol. The van der Waals surface area contributed by atoms with Gasteiger partial charge in [0, 0.05) is 31.4 Å². The highest BCUT2D eigenvalue weighted by Gasteiger charge is 2.20. The number of nitrogens with one attached hydrogen (secondary N) is 1. The second-order valence-electron chi connectivity index (χ2n) is 5.22. The van der Waals surface area contributed by atoms with Crippen LogP contribution in [0.5, 0.6) is 5.75 Å². The highest BCUT2D eigenvalue weighted by molar-refractivity contribution is 5.97. The summed E-state index contributed by atoms with van der Waals surface area (Å²) in [4.78, 5) is 14.0. The lowest BCUT2D eigenvalue weighted by molar-refractivity contribution is -0.127. The maximum absolute atomic E-state index is 12.3. The maximum atomic E-state index is 12.3. The van der Waals surface area contributed by atoms with Crippen LogP contribution in [-0.4, -0.2) is 31.0 Å². The highest BCUT2D eigenvalue weighted by atomic mass is 16.5. The molecule has 1 heterocycles. The molecule has 1 aliphatic rings. The lowest BCUT2D eigenvalue weighted by Crippen LogP contribution is -2.36. The third-order valence-electron chi connectivity index (χ3n) is 3.73. The first-order valence-electron chi connectivity index (χ1n) is 7.51. The van der Waals surface area contributed by atoms with E-state index in [9.17, 15) is 10.1 Å². The molecule has 1 fully saturated rings. The second kappa shape index (κ2) is 8.08. The molecule has 0 radical (unpaired) electrons. The van der Waals surface area contributed by atoms with E-state index in [4.69, 9.17) is 4.74 Å². The Hall–Kier alpha value is -2.48. The topological polar surface area (TPSA) is 65.4 Å². The summed E-state index contributed by atoms with van der Waals surface area (Å²) in [7, 11) is 1.62. The molecule has 2 rings (SSSR count). The number of hydrogen-bond acceptors (Lipinski definition) is 4. The first-order chi connectivity index (χ1) is 10.8. The Morgan fingerprint density at radius 2 is 2.09 bits per heavy atom. The van der Waals surface area contributed by atoms with Gasteiger partial charge in [-0.2, -0.15) is 5.26 Å². The molecule has 1 aromatic rings. The zero-order valence-electron chi connectivity index (χ0n) is 12.8. The minimum absolute atomic E-state index is 0.150. The van der Waals surface area contributed by atoms with Gasteiger partial charge in [-0.15, -0.1) is 0 Å². The van der Waals surface area contributed by atoms with Crippen molar-refractivity contribution in [3.8, 4) is 11.8 Å². The Morgan fingerprint density at radius 3 is 2.77 bits per heavy atom. The molecule has 116 valence electrons. The van der Waals surface area contributed by atoms with Gasteiger partial charge >= 0.3 is 0 Å². The summed E-state index contributed by atoms with van der Waals surface area (Å²) in [5.74, 6) is 0.596. The molecule has 1 N–H and O–H groups in total. The van der Waals surface area contributed by atoms with Crippen LogP contribution in [0.15, 0.2) is 36.0 Å². The van der Waals surface area contributed by atoms with Crippen LogP contribution >= 0.6 is 0 Å². The molecule has 1 aliphatic heterocycles. The summed E-state index contributed by atoms with van der Waals surface area (Å²) >= 11 is 0. The van der Waals surface area contributed by atoms with Crippen molar-refractivity contribution in [1.29, 1.82) is 5.26 Å². The van der Waals surface area contributed by atoms with E-state index in [-0.39, 0.29) is 11.5 Å². The van der Waals surface area contributed by atoms with Crippen molar-refractivity contribution in [3.05, 3.63) is 41.6 Å². The van der Waals surface area contributed by atoms with E-state index < -0.39 is 0 Å². The fourth-order valence-corrected chi connectivity index (χ4v) is 2.52. The van der Waals surface area contributed by atoms with Crippen molar-refractivity contribution >= 4 is 5.91 Å². The molecule has 5 heteroatoms. The van der Waals surface area contributed by atoms with E-state index in [1.54, 1.807) is 12.0 Å². The van der Waals surface area contributed by atoms with Crippen LogP contribution in [-0.2, 0) is 11.3 Å². The zero-order valence-corrected chi connectivity index (χ0v) is 12.8. The molecule has 1 amide bonds. The van der Waals surface area contributed by atoms with Gasteiger partial charge in [-0.05, 0) is 25.3 Å². The van der Waals surface area contributed by atoms with E-state index in [0.717, 1.165) is 43.7 Å². The van der Waals surface area contributed by atoms with Gasteiger partial charge in [-0.1, -0.05) is 18.2 Å². The van der Waals surface area contributed by atoms with Gasteiger partial charge in [0.05, 0.1) is 7.11 Å². The van der Waals surface area contributed by atoms with Crippen molar-refractivity contribution in [1.82, 2.24) is 10.2 Å². The molecular weight excluding hydrogens is 278 g/mol. The van der Waals surface area contributed by atoms with E-state index in [1.165, 1.54) is 6.20 Å². The van der Waals surface area contributed by atoms with Crippen molar-refractivity contribution in [2.45, 2.75) is 25.8 Å². The molecule has 0 spiro atoms. The number of nitriles is 1. The van der Waals surface area contributed by atoms with Crippen LogP contribution in [0.4, 0.5) is 0 Å². The third kappa shape index (κ3) is 4.01. The van der Waals surface area contributed by atoms with Gasteiger partial charge in [0.15, 0.2) is 0 Å². The zero-order chi connectivity index (χ0) is 15.8. The third-order valence-corrected chi connectivity index (χ3v) is 3.73. The lowest BCUT2D eigenvalue weighted by Gasteiger charge is -2.26. The van der Waals surface area contributed by atoms with Crippen LogP contribution < -0.4 is 10.1 Å². The summed E-state index contributed by atoms with van der Waals surface area (Å²) < 4.78 is 5.27. The van der Waals surface area contributed by atoms with Crippen molar-refractivity contribution in [3.63, 3.8) is 0 Å². The van der Waals surface area contributed by atoms with Crippen LogP contribution in [0, 0.1) is 11.3 Å². The Balaban J connectivity index is 1.97. The number of rotatable bonds is 5. The van der Waals surface area contributed by atoms with E-state index in [1.807, 2.05) is 30.3 Å². The first-order valence-corrected chi connectivity index (χ1v) is 7.51. The molecule has 1 aromatic carbocycles. The number of para-hydroxylation sites is 1. The molecule has 0 unspecified atom stereocenters. The summed E-state index contributed by atoms with van der Waals surface area (Å²) in [6.45, 7) is 1.98. The molecule has 5 nitrogen and oxygen atoms in total. The average molecular weight is 299 g/mol. The number of nitrogens with zero attached hydrogens (tertiary/aromatic N) is 2. The molecule has 0 aliphatic carbocycles. The van der Waals surface area contributed by atoms with Crippen LogP contribution in [0.2, 0.25) is 0 Å². The number of amides is 1. The predicted molar refractivity (Wildman–Crippen MR) is 84.0 cm³/mol. The highest BCUT2D eigenvalue weighted by Crippen LogP contribution is 2.17. The smallest absolute Gasteiger partial charge is 0.265 e. The number of methoxy groups -OCH3 is 1. The minimum atomic E-state index is -0.185. The normalized spacial score (nSPS) is 15.1. The number of piperidine rings is 1. The van der Waals surface area contributed by atoms with Crippen LogP contribution in [0.25, 0.3) is 0 Å². The molecule has 1 saturated heterocycles. The Labute approximate surface area is 131 Å². The fourth-order valence-electron chi connectivity index (χ4n) is 2.52. The van der Waals surface area contributed by atoms with Crippen LogP contribution in [0.3, 0.4) is 0 Å². The van der Waals surface area contributed by atoms with Gasteiger partial charge in [0.1, 0.15) is 17.4 Å². The number of likely N-dealkylation sites (tertiary alicyclic amines) is 1. The molecule has 22 heavy (non-hydrogen) atoms. The largest absolute Gasteiger partial charge is 0.496 e. The Kier molecular flexibility index (Phi) is 5.84. The summed E-state index contributed by atoms with van der Waals surface area (Å²) in [5, 5.41) is 12.2. The van der Waals surface area contributed by atoms with Gasteiger partial charge in [-0.25, -0.2) is 0 Å². The number of hydrogen-bond donors (Lipinski definition) is 1. The van der Waals surface area contributed by atoms with Crippen LogP contribution in [0.1, 0.15) is 24.8 Å². The summed E-state index contributed by atoms with van der Waals surface area (Å²) in [6.07, 6.45) is 4.68. The van der Waals surface area contributed by atoms with Gasteiger partial charge in [0.25, 0.3) is 5.91 Å². The number of ether oxygens (including phenoxy) is 1. The molecular formula is C17H21N3O2. The lowest BCUT2D eigenvalue weighted by atomic mass is 10.1. The number of carbonyl (C=O) groups is 1. The average Bonchev–Trinajstić information content (AvgIpc) is 2.59. The minimum Gasteiger partial charge on any atom is -0.496 e. The van der Waals surface area contributed by atoms with Crippen molar-refractivity contribution < 1.29 is 9.53 Å². The molecule has 0 saturated carbocycles.